The van der Waals surface area contributed by atoms with E-state index in [1.807, 2.05) is 37.3 Å². The molecule has 0 aliphatic heterocycles. The Balaban J connectivity index is 3.29. The van der Waals surface area contributed by atoms with Gasteiger partial charge in [0.2, 0.25) is 0 Å². The van der Waals surface area contributed by atoms with Crippen molar-refractivity contribution in [3.63, 3.8) is 0 Å². The summed E-state index contributed by atoms with van der Waals surface area (Å²) in [4.78, 5) is 1.68. The standard InChI is InChI=1S/C13H16N4O/c1-10(16)13-11(4-3-5-12(13)18-2)17(8-6-14)9-7-15/h3-5,10H,8-9,16H2,1-2H3. The first kappa shape index (κ1) is 13.8. The minimum absolute atomic E-state index is 0.139. The van der Waals surface area contributed by atoms with E-state index in [0.717, 1.165) is 11.3 Å². The summed E-state index contributed by atoms with van der Waals surface area (Å²) in [5.74, 6) is 0.670. The summed E-state index contributed by atoms with van der Waals surface area (Å²) in [7, 11) is 1.57. The number of anilines is 1. The van der Waals surface area contributed by atoms with Gasteiger partial charge in [-0.1, -0.05) is 6.07 Å². The van der Waals surface area contributed by atoms with Crippen molar-refractivity contribution >= 4 is 5.69 Å². The molecule has 0 fully saturated rings. The van der Waals surface area contributed by atoms with Gasteiger partial charge in [0.25, 0.3) is 0 Å². The highest BCUT2D eigenvalue weighted by Gasteiger charge is 2.17. The quantitative estimate of drug-likeness (QED) is 0.794. The van der Waals surface area contributed by atoms with Crippen LogP contribution in [0.5, 0.6) is 5.75 Å². The minimum Gasteiger partial charge on any atom is -0.496 e. The average Bonchev–Trinajstić information content (AvgIpc) is 2.37. The van der Waals surface area contributed by atoms with Crippen molar-refractivity contribution in [2.24, 2.45) is 5.73 Å². The Hall–Kier alpha value is -2.24. The molecule has 5 nitrogen and oxygen atoms in total. The predicted octanol–water partition coefficient (Wildman–Crippen LogP) is 1.57. The molecule has 1 unspecified atom stereocenters. The summed E-state index contributed by atoms with van der Waals surface area (Å²) in [5, 5.41) is 17.6. The van der Waals surface area contributed by atoms with Crippen LogP contribution in [0.1, 0.15) is 18.5 Å². The normalized spacial score (nSPS) is 11.2. The van der Waals surface area contributed by atoms with Crippen LogP contribution in [0.2, 0.25) is 0 Å². The highest BCUT2D eigenvalue weighted by atomic mass is 16.5. The lowest BCUT2D eigenvalue weighted by Gasteiger charge is -2.24. The summed E-state index contributed by atoms with van der Waals surface area (Å²) in [5.41, 5.74) is 7.53. The molecule has 2 N–H and O–H groups in total. The molecule has 0 saturated heterocycles. The van der Waals surface area contributed by atoms with Gasteiger partial charge in [0.1, 0.15) is 18.8 Å². The lowest BCUT2D eigenvalue weighted by Crippen LogP contribution is -2.26. The van der Waals surface area contributed by atoms with Crippen molar-refractivity contribution in [2.45, 2.75) is 13.0 Å². The van der Waals surface area contributed by atoms with Gasteiger partial charge >= 0.3 is 0 Å². The molecule has 0 bridgehead atoms. The number of benzene rings is 1. The molecule has 0 aromatic heterocycles. The minimum atomic E-state index is -0.240. The lowest BCUT2D eigenvalue weighted by molar-refractivity contribution is 0.407. The summed E-state index contributed by atoms with van der Waals surface area (Å²) in [6.45, 7) is 2.12. The van der Waals surface area contributed by atoms with Crippen molar-refractivity contribution in [1.29, 1.82) is 10.5 Å². The number of nitrogens with two attached hydrogens (primary N) is 1. The van der Waals surface area contributed by atoms with Crippen LogP contribution in [0.4, 0.5) is 5.69 Å². The third-order valence-corrected chi connectivity index (χ3v) is 2.58. The first-order chi connectivity index (χ1) is 8.65. The zero-order chi connectivity index (χ0) is 13.5. The molecule has 1 aromatic carbocycles. The molecular formula is C13H16N4O. The number of nitriles is 2. The smallest absolute Gasteiger partial charge is 0.125 e. The van der Waals surface area contributed by atoms with Gasteiger partial charge in [0, 0.05) is 17.3 Å². The summed E-state index contributed by atoms with van der Waals surface area (Å²) < 4.78 is 5.28. The van der Waals surface area contributed by atoms with E-state index in [9.17, 15) is 0 Å². The molecule has 1 atom stereocenters. The van der Waals surface area contributed by atoms with Crippen molar-refractivity contribution in [1.82, 2.24) is 0 Å². The maximum absolute atomic E-state index is 8.82. The number of rotatable bonds is 5. The summed E-state index contributed by atoms with van der Waals surface area (Å²) in [6.07, 6.45) is 0. The largest absolute Gasteiger partial charge is 0.496 e. The van der Waals surface area contributed by atoms with Crippen LogP contribution in [-0.2, 0) is 0 Å². The zero-order valence-corrected chi connectivity index (χ0v) is 10.6. The van der Waals surface area contributed by atoms with Crippen LogP contribution in [0.25, 0.3) is 0 Å². The molecule has 0 radical (unpaired) electrons. The molecule has 0 amide bonds. The van der Waals surface area contributed by atoms with E-state index in [-0.39, 0.29) is 19.1 Å². The second-order valence-electron chi connectivity index (χ2n) is 3.85. The van der Waals surface area contributed by atoms with Gasteiger partial charge < -0.3 is 15.4 Å². The van der Waals surface area contributed by atoms with Crippen molar-refractivity contribution in [2.75, 3.05) is 25.1 Å². The molecule has 1 rings (SSSR count). The van der Waals surface area contributed by atoms with Crippen molar-refractivity contribution in [3.8, 4) is 17.9 Å². The Morgan fingerprint density at radius 2 is 1.94 bits per heavy atom. The van der Waals surface area contributed by atoms with E-state index in [1.54, 1.807) is 12.0 Å². The van der Waals surface area contributed by atoms with E-state index in [1.165, 1.54) is 0 Å². The molecule has 0 spiro atoms. The first-order valence-electron chi connectivity index (χ1n) is 5.57. The van der Waals surface area contributed by atoms with E-state index < -0.39 is 0 Å². The van der Waals surface area contributed by atoms with E-state index in [0.29, 0.717) is 5.75 Å². The SMILES string of the molecule is COc1cccc(N(CC#N)CC#N)c1C(C)N. The average molecular weight is 244 g/mol. The third-order valence-electron chi connectivity index (χ3n) is 2.58. The molecular weight excluding hydrogens is 228 g/mol. The summed E-state index contributed by atoms with van der Waals surface area (Å²) in [6, 6.07) is 9.34. The highest BCUT2D eigenvalue weighted by Crippen LogP contribution is 2.33. The Kier molecular flexibility index (Phi) is 4.98. The Morgan fingerprint density at radius 3 is 2.39 bits per heavy atom. The molecule has 0 aliphatic rings. The Labute approximate surface area is 107 Å². The Morgan fingerprint density at radius 1 is 1.33 bits per heavy atom. The second-order valence-corrected chi connectivity index (χ2v) is 3.85. The van der Waals surface area contributed by atoms with Crippen LogP contribution in [0.3, 0.4) is 0 Å². The van der Waals surface area contributed by atoms with E-state index in [2.05, 4.69) is 0 Å². The van der Waals surface area contributed by atoms with Gasteiger partial charge in [-0.15, -0.1) is 0 Å². The molecule has 0 aliphatic carbocycles. The fourth-order valence-corrected chi connectivity index (χ4v) is 1.84. The molecule has 0 saturated carbocycles. The topological polar surface area (TPSA) is 86.1 Å². The van der Waals surface area contributed by atoms with Crippen LogP contribution in [0.15, 0.2) is 18.2 Å². The monoisotopic (exact) mass is 244 g/mol. The van der Waals surface area contributed by atoms with Crippen LogP contribution < -0.4 is 15.4 Å². The first-order valence-corrected chi connectivity index (χ1v) is 5.57. The van der Waals surface area contributed by atoms with Crippen LogP contribution in [0, 0.1) is 22.7 Å². The van der Waals surface area contributed by atoms with E-state index >= 15 is 0 Å². The molecule has 0 heterocycles. The molecule has 94 valence electrons. The third kappa shape index (κ3) is 2.91. The number of methoxy groups -OCH3 is 1. The van der Waals surface area contributed by atoms with Gasteiger partial charge in [0.05, 0.1) is 19.2 Å². The molecule has 18 heavy (non-hydrogen) atoms. The number of ether oxygens (including phenoxy) is 1. The number of hydrogen-bond donors (Lipinski definition) is 1. The van der Waals surface area contributed by atoms with Crippen LogP contribution >= 0.6 is 0 Å². The lowest BCUT2D eigenvalue weighted by atomic mass is 10.0. The van der Waals surface area contributed by atoms with Gasteiger partial charge in [-0.2, -0.15) is 10.5 Å². The predicted molar refractivity (Wildman–Crippen MR) is 69.0 cm³/mol. The van der Waals surface area contributed by atoms with Gasteiger partial charge in [-0.25, -0.2) is 0 Å². The maximum atomic E-state index is 8.82. The van der Waals surface area contributed by atoms with Gasteiger partial charge in [-0.3, -0.25) is 0 Å². The van der Waals surface area contributed by atoms with Crippen LogP contribution in [-0.4, -0.2) is 20.2 Å². The van der Waals surface area contributed by atoms with Gasteiger partial charge in [0.15, 0.2) is 0 Å². The fraction of sp³-hybridized carbons (Fsp3) is 0.385. The number of hydrogen-bond acceptors (Lipinski definition) is 5. The highest BCUT2D eigenvalue weighted by molar-refractivity contribution is 5.61. The Bertz CT molecular complexity index is 469. The molecule has 1 aromatic rings. The zero-order valence-electron chi connectivity index (χ0n) is 10.6. The van der Waals surface area contributed by atoms with Crippen molar-refractivity contribution < 1.29 is 4.74 Å². The van der Waals surface area contributed by atoms with Gasteiger partial charge in [-0.05, 0) is 19.1 Å². The fourth-order valence-electron chi connectivity index (χ4n) is 1.84. The summed E-state index contributed by atoms with van der Waals surface area (Å²) >= 11 is 0. The second kappa shape index (κ2) is 6.48. The van der Waals surface area contributed by atoms with Crippen molar-refractivity contribution in [3.05, 3.63) is 23.8 Å². The van der Waals surface area contributed by atoms with E-state index in [4.69, 9.17) is 21.0 Å². The maximum Gasteiger partial charge on any atom is 0.125 e. The molecule has 5 heteroatoms. The number of nitrogens with zero attached hydrogens (tertiary/aromatic N) is 3.